The zero-order valence-corrected chi connectivity index (χ0v) is 14.7. The highest BCUT2D eigenvalue weighted by atomic mass is 79.9. The number of halogens is 1. The Bertz CT molecular complexity index is 475. The predicted octanol–water partition coefficient (Wildman–Crippen LogP) is 5.05. The second kappa shape index (κ2) is 8.49. The summed E-state index contributed by atoms with van der Waals surface area (Å²) in [5.74, 6) is 0. The van der Waals surface area contributed by atoms with E-state index in [-0.39, 0.29) is 16.0 Å². The molecular formula is C16H25BrN2O2. The Morgan fingerprint density at radius 3 is 2.67 bits per heavy atom. The third-order valence-electron chi connectivity index (χ3n) is 3.60. The molecule has 1 N–H and O–H groups in total. The lowest BCUT2D eigenvalue weighted by molar-refractivity contribution is -0.385. The standard InChI is InChI=1S/C16H25BrN2O2/c1-4-5-6-9-16(2,3)12-18-11-13-7-8-14(17)15(10-13)19(20)21/h7-8,10,18H,4-6,9,11-12H2,1-3H3. The highest BCUT2D eigenvalue weighted by Crippen LogP contribution is 2.26. The van der Waals surface area contributed by atoms with Crippen molar-refractivity contribution in [3.05, 3.63) is 38.3 Å². The van der Waals surface area contributed by atoms with Crippen LogP contribution < -0.4 is 5.32 Å². The van der Waals surface area contributed by atoms with Crippen molar-refractivity contribution < 1.29 is 4.92 Å². The maximum absolute atomic E-state index is 10.9. The van der Waals surface area contributed by atoms with Gasteiger partial charge in [-0.1, -0.05) is 46.1 Å². The minimum Gasteiger partial charge on any atom is -0.312 e. The molecule has 118 valence electrons. The molecule has 0 heterocycles. The highest BCUT2D eigenvalue weighted by Gasteiger charge is 2.17. The molecule has 4 nitrogen and oxygen atoms in total. The normalized spacial score (nSPS) is 11.6. The van der Waals surface area contributed by atoms with Gasteiger partial charge in [0.1, 0.15) is 0 Å². The van der Waals surface area contributed by atoms with Crippen LogP contribution in [-0.4, -0.2) is 11.5 Å². The Balaban J connectivity index is 2.48. The number of hydrogen-bond acceptors (Lipinski definition) is 3. The average molecular weight is 357 g/mol. The van der Waals surface area contributed by atoms with Crippen molar-refractivity contribution in [1.29, 1.82) is 0 Å². The molecule has 0 atom stereocenters. The first-order valence-electron chi connectivity index (χ1n) is 7.49. The molecule has 0 amide bonds. The molecule has 0 spiro atoms. The molecule has 1 aromatic rings. The monoisotopic (exact) mass is 356 g/mol. The summed E-state index contributed by atoms with van der Waals surface area (Å²) in [5, 5.41) is 14.3. The van der Waals surface area contributed by atoms with Gasteiger partial charge in [-0.05, 0) is 39.4 Å². The van der Waals surface area contributed by atoms with Crippen molar-refractivity contribution >= 4 is 21.6 Å². The number of nitrogens with one attached hydrogen (secondary N) is 1. The zero-order chi connectivity index (χ0) is 15.9. The van der Waals surface area contributed by atoms with E-state index in [9.17, 15) is 10.1 Å². The number of rotatable bonds is 9. The molecular weight excluding hydrogens is 332 g/mol. The van der Waals surface area contributed by atoms with Gasteiger partial charge in [0.25, 0.3) is 5.69 Å². The van der Waals surface area contributed by atoms with Crippen LogP contribution in [0.15, 0.2) is 22.7 Å². The van der Waals surface area contributed by atoms with Crippen molar-refractivity contribution in [2.75, 3.05) is 6.54 Å². The molecule has 0 radical (unpaired) electrons. The van der Waals surface area contributed by atoms with E-state index in [1.165, 1.54) is 25.7 Å². The number of unbranched alkanes of at least 4 members (excludes halogenated alkanes) is 2. The van der Waals surface area contributed by atoms with E-state index in [1.54, 1.807) is 12.1 Å². The molecule has 0 unspecified atom stereocenters. The average Bonchev–Trinajstić information content (AvgIpc) is 2.40. The van der Waals surface area contributed by atoms with Gasteiger partial charge in [0.2, 0.25) is 0 Å². The summed E-state index contributed by atoms with van der Waals surface area (Å²) >= 11 is 3.20. The lowest BCUT2D eigenvalue weighted by Gasteiger charge is -2.25. The number of nitrogens with zero attached hydrogens (tertiary/aromatic N) is 1. The molecule has 21 heavy (non-hydrogen) atoms. The summed E-state index contributed by atoms with van der Waals surface area (Å²) in [6.07, 6.45) is 4.98. The summed E-state index contributed by atoms with van der Waals surface area (Å²) in [5.41, 5.74) is 1.32. The second-order valence-corrected chi connectivity index (χ2v) is 7.12. The van der Waals surface area contributed by atoms with E-state index < -0.39 is 0 Å². The Morgan fingerprint density at radius 2 is 2.05 bits per heavy atom. The van der Waals surface area contributed by atoms with Crippen molar-refractivity contribution in [3.63, 3.8) is 0 Å². The van der Waals surface area contributed by atoms with Crippen molar-refractivity contribution in [3.8, 4) is 0 Å². The van der Waals surface area contributed by atoms with E-state index >= 15 is 0 Å². The van der Waals surface area contributed by atoms with Crippen LogP contribution in [0.4, 0.5) is 5.69 Å². The summed E-state index contributed by atoms with van der Waals surface area (Å²) < 4.78 is 0.524. The van der Waals surface area contributed by atoms with Crippen LogP contribution in [0, 0.1) is 15.5 Å². The van der Waals surface area contributed by atoms with E-state index in [0.29, 0.717) is 11.0 Å². The fourth-order valence-electron chi connectivity index (χ4n) is 2.30. The molecule has 0 saturated heterocycles. The first-order valence-corrected chi connectivity index (χ1v) is 8.28. The van der Waals surface area contributed by atoms with Gasteiger partial charge < -0.3 is 5.32 Å². The molecule has 0 aromatic heterocycles. The van der Waals surface area contributed by atoms with Crippen LogP contribution in [0.25, 0.3) is 0 Å². The Kier molecular flexibility index (Phi) is 7.32. The molecule has 0 aliphatic heterocycles. The van der Waals surface area contributed by atoms with Gasteiger partial charge in [-0.15, -0.1) is 0 Å². The summed E-state index contributed by atoms with van der Waals surface area (Å²) in [6, 6.07) is 5.27. The topological polar surface area (TPSA) is 55.2 Å². The molecule has 0 aliphatic carbocycles. The van der Waals surface area contributed by atoms with Gasteiger partial charge in [0.05, 0.1) is 9.40 Å². The molecule has 0 fully saturated rings. The lowest BCUT2D eigenvalue weighted by atomic mass is 9.87. The third kappa shape index (κ3) is 6.57. The summed E-state index contributed by atoms with van der Waals surface area (Å²) in [7, 11) is 0. The molecule has 0 aliphatic rings. The smallest absolute Gasteiger partial charge is 0.283 e. The van der Waals surface area contributed by atoms with Crippen molar-refractivity contribution in [2.24, 2.45) is 5.41 Å². The Labute approximate surface area is 135 Å². The highest BCUT2D eigenvalue weighted by molar-refractivity contribution is 9.10. The zero-order valence-electron chi connectivity index (χ0n) is 13.1. The number of hydrogen-bond donors (Lipinski definition) is 1. The fraction of sp³-hybridized carbons (Fsp3) is 0.625. The van der Waals surface area contributed by atoms with Gasteiger partial charge in [-0.25, -0.2) is 0 Å². The molecule has 5 heteroatoms. The van der Waals surface area contributed by atoms with Crippen LogP contribution >= 0.6 is 15.9 Å². The molecule has 0 saturated carbocycles. The fourth-order valence-corrected chi connectivity index (χ4v) is 2.69. The predicted molar refractivity (Wildman–Crippen MR) is 90.4 cm³/mol. The van der Waals surface area contributed by atoms with E-state index in [4.69, 9.17) is 0 Å². The largest absolute Gasteiger partial charge is 0.312 e. The first kappa shape index (κ1) is 18.1. The summed E-state index contributed by atoms with van der Waals surface area (Å²) in [6.45, 7) is 8.32. The van der Waals surface area contributed by atoms with Crippen LogP contribution in [-0.2, 0) is 6.54 Å². The van der Waals surface area contributed by atoms with Gasteiger partial charge in [0, 0.05) is 19.2 Å². The van der Waals surface area contributed by atoms with Gasteiger partial charge >= 0.3 is 0 Å². The van der Waals surface area contributed by atoms with Gasteiger partial charge in [-0.2, -0.15) is 0 Å². The Morgan fingerprint density at radius 1 is 1.33 bits per heavy atom. The number of nitro benzene ring substituents is 1. The van der Waals surface area contributed by atoms with Crippen LogP contribution in [0.3, 0.4) is 0 Å². The molecule has 1 aromatic carbocycles. The Hall–Kier alpha value is -0.940. The SMILES string of the molecule is CCCCCC(C)(C)CNCc1ccc(Br)c([N+](=O)[O-])c1. The van der Waals surface area contributed by atoms with Crippen LogP contribution in [0.2, 0.25) is 0 Å². The number of benzene rings is 1. The van der Waals surface area contributed by atoms with E-state index in [2.05, 4.69) is 42.0 Å². The number of nitro groups is 1. The summed E-state index contributed by atoms with van der Waals surface area (Å²) in [4.78, 5) is 10.6. The minimum absolute atomic E-state index is 0.122. The molecule has 0 bridgehead atoms. The second-order valence-electron chi connectivity index (χ2n) is 6.27. The minimum atomic E-state index is -0.359. The van der Waals surface area contributed by atoms with Crippen molar-refractivity contribution in [2.45, 2.75) is 53.0 Å². The first-order chi connectivity index (χ1) is 9.85. The van der Waals surface area contributed by atoms with Crippen molar-refractivity contribution in [1.82, 2.24) is 5.32 Å². The molecule has 1 rings (SSSR count). The van der Waals surface area contributed by atoms with E-state index in [1.807, 2.05) is 6.07 Å². The quantitative estimate of drug-likeness (QED) is 0.382. The van der Waals surface area contributed by atoms with E-state index in [0.717, 1.165) is 12.1 Å². The van der Waals surface area contributed by atoms with Gasteiger partial charge in [0.15, 0.2) is 0 Å². The lowest BCUT2D eigenvalue weighted by Crippen LogP contribution is -2.29. The third-order valence-corrected chi connectivity index (χ3v) is 4.27. The van der Waals surface area contributed by atoms with Gasteiger partial charge in [-0.3, -0.25) is 10.1 Å². The maximum Gasteiger partial charge on any atom is 0.283 e. The van der Waals surface area contributed by atoms with Crippen LogP contribution in [0.5, 0.6) is 0 Å². The van der Waals surface area contributed by atoms with Crippen LogP contribution in [0.1, 0.15) is 52.0 Å². The maximum atomic E-state index is 10.9.